The lowest BCUT2D eigenvalue weighted by Gasteiger charge is -2.32. The molecule has 1 aliphatic heterocycles. The standard InChI is InChI=1S/C31H38N6O4/c1-36-30(39)28(23-12-14-26(15-13-23)41-20-6-4-2-3-5-7-27(38)35-40)29(24-10-8-22(21-32)9-11-24)34-31(36)37-18-16-25(33)17-19-37/h8-15,25,40H,2-7,16-20,33H2,1H3,(H,35,38). The van der Waals surface area contributed by atoms with Gasteiger partial charge >= 0.3 is 0 Å². The third kappa shape index (κ3) is 7.72. The van der Waals surface area contributed by atoms with Crippen molar-refractivity contribution in [2.75, 3.05) is 24.6 Å². The van der Waals surface area contributed by atoms with Gasteiger partial charge in [0.25, 0.3) is 5.56 Å². The Morgan fingerprint density at radius 1 is 1.05 bits per heavy atom. The van der Waals surface area contributed by atoms with Gasteiger partial charge in [-0.1, -0.05) is 43.5 Å². The number of rotatable bonds is 12. The first-order valence-corrected chi connectivity index (χ1v) is 14.2. The normalized spacial score (nSPS) is 13.6. The Hall–Kier alpha value is -4.20. The van der Waals surface area contributed by atoms with Gasteiger partial charge in [-0.25, -0.2) is 10.5 Å². The van der Waals surface area contributed by atoms with Gasteiger partial charge in [0.15, 0.2) is 0 Å². The molecule has 0 saturated carbocycles. The van der Waals surface area contributed by atoms with Crippen molar-refractivity contribution in [1.29, 1.82) is 5.26 Å². The third-order valence-electron chi connectivity index (χ3n) is 7.46. The van der Waals surface area contributed by atoms with Crippen molar-refractivity contribution in [3.05, 3.63) is 64.4 Å². The van der Waals surface area contributed by atoms with E-state index in [1.165, 1.54) is 0 Å². The maximum absolute atomic E-state index is 13.8. The fraction of sp³-hybridized carbons (Fsp3) is 0.419. The molecule has 0 bridgehead atoms. The highest BCUT2D eigenvalue weighted by Crippen LogP contribution is 2.31. The van der Waals surface area contributed by atoms with E-state index in [0.29, 0.717) is 35.8 Å². The van der Waals surface area contributed by atoms with Crippen molar-refractivity contribution in [3.63, 3.8) is 0 Å². The van der Waals surface area contributed by atoms with E-state index >= 15 is 0 Å². The molecule has 1 fully saturated rings. The first-order chi connectivity index (χ1) is 19.9. The van der Waals surface area contributed by atoms with Crippen LogP contribution in [-0.4, -0.2) is 46.4 Å². The third-order valence-corrected chi connectivity index (χ3v) is 7.46. The van der Waals surface area contributed by atoms with Crippen LogP contribution in [0.15, 0.2) is 53.3 Å². The molecule has 41 heavy (non-hydrogen) atoms. The van der Waals surface area contributed by atoms with Crippen LogP contribution in [0.25, 0.3) is 22.4 Å². The summed E-state index contributed by atoms with van der Waals surface area (Å²) in [5.74, 6) is 0.985. The predicted molar refractivity (Wildman–Crippen MR) is 158 cm³/mol. The topological polar surface area (TPSA) is 146 Å². The molecule has 1 aliphatic rings. The summed E-state index contributed by atoms with van der Waals surface area (Å²) in [4.78, 5) is 32.0. The van der Waals surface area contributed by atoms with Crippen LogP contribution in [0.1, 0.15) is 56.9 Å². The van der Waals surface area contributed by atoms with Crippen molar-refractivity contribution in [2.24, 2.45) is 12.8 Å². The number of aromatic nitrogens is 2. The number of nitrogens with two attached hydrogens (primary N) is 1. The summed E-state index contributed by atoms with van der Waals surface area (Å²) >= 11 is 0. The highest BCUT2D eigenvalue weighted by molar-refractivity contribution is 5.81. The number of carbonyl (C=O) groups excluding carboxylic acids is 1. The first-order valence-electron chi connectivity index (χ1n) is 14.2. The Kier molecular flexibility index (Phi) is 10.5. The lowest BCUT2D eigenvalue weighted by molar-refractivity contribution is -0.129. The van der Waals surface area contributed by atoms with Crippen LogP contribution in [0.2, 0.25) is 0 Å². The summed E-state index contributed by atoms with van der Waals surface area (Å²) in [6.45, 7) is 2.05. The molecule has 10 nitrogen and oxygen atoms in total. The highest BCUT2D eigenvalue weighted by atomic mass is 16.5. The Morgan fingerprint density at radius 2 is 1.68 bits per heavy atom. The molecule has 10 heteroatoms. The lowest BCUT2D eigenvalue weighted by atomic mass is 9.99. The Labute approximate surface area is 240 Å². The first kappa shape index (κ1) is 29.8. The highest BCUT2D eigenvalue weighted by Gasteiger charge is 2.24. The van der Waals surface area contributed by atoms with Crippen molar-refractivity contribution in [2.45, 2.75) is 57.4 Å². The lowest BCUT2D eigenvalue weighted by Crippen LogP contribution is -2.42. The number of nitrogens with one attached hydrogen (secondary N) is 1. The summed E-state index contributed by atoms with van der Waals surface area (Å²) < 4.78 is 7.53. The van der Waals surface area contributed by atoms with Crippen molar-refractivity contribution in [3.8, 4) is 34.2 Å². The summed E-state index contributed by atoms with van der Waals surface area (Å²) in [5.41, 5.74) is 10.7. The molecular weight excluding hydrogens is 520 g/mol. The van der Waals surface area contributed by atoms with Crippen molar-refractivity contribution < 1.29 is 14.7 Å². The van der Waals surface area contributed by atoms with Crippen LogP contribution in [0.4, 0.5) is 5.95 Å². The quantitative estimate of drug-likeness (QED) is 0.171. The summed E-state index contributed by atoms with van der Waals surface area (Å²) in [5, 5.41) is 17.8. The number of nitriles is 1. The maximum atomic E-state index is 13.8. The molecule has 0 spiro atoms. The summed E-state index contributed by atoms with van der Waals surface area (Å²) in [7, 11) is 1.75. The molecule has 4 N–H and O–H groups in total. The molecule has 0 aliphatic carbocycles. The molecule has 216 valence electrons. The van der Waals surface area contributed by atoms with Gasteiger partial charge < -0.3 is 15.4 Å². The van der Waals surface area contributed by atoms with Crippen LogP contribution in [-0.2, 0) is 11.8 Å². The molecule has 1 aromatic heterocycles. The van der Waals surface area contributed by atoms with Crippen LogP contribution in [0.3, 0.4) is 0 Å². The number of piperidine rings is 1. The number of hydroxylamine groups is 1. The number of nitrogens with zero attached hydrogens (tertiary/aromatic N) is 4. The minimum absolute atomic E-state index is 0.144. The van der Waals surface area contributed by atoms with E-state index < -0.39 is 0 Å². The maximum Gasteiger partial charge on any atom is 0.263 e. The number of ether oxygens (including phenoxy) is 1. The van der Waals surface area contributed by atoms with Crippen LogP contribution in [0, 0.1) is 11.3 Å². The Balaban J connectivity index is 1.50. The van der Waals surface area contributed by atoms with Gasteiger partial charge in [-0.15, -0.1) is 0 Å². The summed E-state index contributed by atoms with van der Waals surface area (Å²) in [6.07, 6.45) is 6.57. The Bertz CT molecular complexity index is 1400. The number of anilines is 1. The number of hydrogen-bond donors (Lipinski definition) is 3. The van der Waals surface area contributed by atoms with E-state index in [1.807, 2.05) is 36.4 Å². The SMILES string of the molecule is Cn1c(N2CCC(N)CC2)nc(-c2ccc(C#N)cc2)c(-c2ccc(OCCCCCCCC(=O)NO)cc2)c1=O. The fourth-order valence-corrected chi connectivity index (χ4v) is 5.03. The minimum atomic E-state index is -0.349. The number of carbonyl (C=O) groups is 1. The smallest absolute Gasteiger partial charge is 0.263 e. The number of hydrogen-bond acceptors (Lipinski definition) is 8. The second-order valence-corrected chi connectivity index (χ2v) is 10.4. The predicted octanol–water partition coefficient (Wildman–Crippen LogP) is 4.14. The van der Waals surface area contributed by atoms with E-state index in [0.717, 1.165) is 74.9 Å². The molecule has 0 atom stereocenters. The Morgan fingerprint density at radius 3 is 2.34 bits per heavy atom. The molecule has 2 heterocycles. The van der Waals surface area contributed by atoms with Gasteiger partial charge in [-0.2, -0.15) is 5.26 Å². The average Bonchev–Trinajstić information content (AvgIpc) is 3.00. The van der Waals surface area contributed by atoms with E-state index in [1.54, 1.807) is 29.2 Å². The molecular formula is C31H38N6O4. The molecule has 2 aromatic carbocycles. The van der Waals surface area contributed by atoms with Crippen LogP contribution < -0.4 is 26.4 Å². The molecule has 0 radical (unpaired) electrons. The van der Waals surface area contributed by atoms with Crippen molar-refractivity contribution >= 4 is 11.9 Å². The van der Waals surface area contributed by atoms with Gasteiger partial charge in [0.05, 0.1) is 29.5 Å². The monoisotopic (exact) mass is 558 g/mol. The zero-order valence-electron chi connectivity index (χ0n) is 23.5. The molecule has 3 aromatic rings. The number of unbranched alkanes of at least 4 members (excludes halogenated alkanes) is 4. The van der Waals surface area contributed by atoms with Gasteiger partial charge in [0.1, 0.15) is 5.75 Å². The van der Waals surface area contributed by atoms with Gasteiger partial charge in [-0.05, 0) is 55.5 Å². The minimum Gasteiger partial charge on any atom is -0.494 e. The zero-order chi connectivity index (χ0) is 29.2. The molecule has 1 amide bonds. The van der Waals surface area contributed by atoms with E-state index in [9.17, 15) is 14.9 Å². The number of benzene rings is 2. The van der Waals surface area contributed by atoms with Gasteiger partial charge in [0.2, 0.25) is 11.9 Å². The fourth-order valence-electron chi connectivity index (χ4n) is 5.03. The van der Waals surface area contributed by atoms with E-state index in [4.69, 9.17) is 20.7 Å². The second-order valence-electron chi connectivity index (χ2n) is 10.4. The zero-order valence-corrected chi connectivity index (χ0v) is 23.5. The van der Waals surface area contributed by atoms with Crippen LogP contribution in [0.5, 0.6) is 5.75 Å². The average molecular weight is 559 g/mol. The largest absolute Gasteiger partial charge is 0.494 e. The molecule has 4 rings (SSSR count). The van der Waals surface area contributed by atoms with Gasteiger partial charge in [0, 0.05) is 38.2 Å². The second kappa shape index (κ2) is 14.4. The summed E-state index contributed by atoms with van der Waals surface area (Å²) in [6, 6.07) is 16.9. The van der Waals surface area contributed by atoms with Crippen molar-refractivity contribution in [1.82, 2.24) is 15.0 Å². The molecule has 0 unspecified atom stereocenters. The molecule has 1 saturated heterocycles. The number of amides is 1. The van der Waals surface area contributed by atoms with Crippen LogP contribution >= 0.6 is 0 Å². The van der Waals surface area contributed by atoms with E-state index in [-0.39, 0.29) is 17.5 Å². The van der Waals surface area contributed by atoms with E-state index in [2.05, 4.69) is 11.0 Å². The van der Waals surface area contributed by atoms with Gasteiger partial charge in [-0.3, -0.25) is 19.4 Å².